The summed E-state index contributed by atoms with van der Waals surface area (Å²) >= 11 is 17.5. The number of carbonyl (C=O) groups excluding carboxylic acids is 2. The summed E-state index contributed by atoms with van der Waals surface area (Å²) in [6.07, 6.45) is 0. The molecule has 0 fully saturated rings. The zero-order valence-electron chi connectivity index (χ0n) is 11.1. The number of anilines is 1. The van der Waals surface area contributed by atoms with Gasteiger partial charge < -0.3 is 10.1 Å². The van der Waals surface area contributed by atoms with Crippen LogP contribution in [0.5, 0.6) is 0 Å². The fourth-order valence-corrected chi connectivity index (χ4v) is 2.28. The minimum Gasteiger partial charge on any atom is -0.452 e. The van der Waals surface area contributed by atoms with Crippen LogP contribution in [0.1, 0.15) is 10.4 Å². The summed E-state index contributed by atoms with van der Waals surface area (Å²) in [5.74, 6) is -1.22. The first-order valence-electron chi connectivity index (χ1n) is 6.14. The normalized spacial score (nSPS) is 10.1. The third kappa shape index (κ3) is 4.37. The molecule has 0 atom stereocenters. The maximum Gasteiger partial charge on any atom is 0.340 e. The zero-order chi connectivity index (χ0) is 16.1. The Labute approximate surface area is 141 Å². The van der Waals surface area contributed by atoms with Gasteiger partial charge in [0.15, 0.2) is 6.61 Å². The average molecular weight is 359 g/mol. The maximum atomic E-state index is 11.8. The van der Waals surface area contributed by atoms with E-state index in [9.17, 15) is 9.59 Å². The Bertz CT molecular complexity index is 719. The summed E-state index contributed by atoms with van der Waals surface area (Å²) in [4.78, 5) is 23.6. The molecule has 0 saturated heterocycles. The van der Waals surface area contributed by atoms with Gasteiger partial charge in [0.05, 0.1) is 21.3 Å². The highest BCUT2D eigenvalue weighted by molar-refractivity contribution is 6.36. The highest BCUT2D eigenvalue weighted by atomic mass is 35.5. The summed E-state index contributed by atoms with van der Waals surface area (Å²) in [5, 5.41) is 3.49. The first kappa shape index (κ1) is 16.6. The van der Waals surface area contributed by atoms with Gasteiger partial charge in [0, 0.05) is 5.02 Å². The molecule has 1 N–H and O–H groups in total. The molecular weight excluding hydrogens is 349 g/mol. The number of amides is 1. The molecule has 0 bridgehead atoms. The average Bonchev–Trinajstić information content (AvgIpc) is 2.47. The van der Waals surface area contributed by atoms with Crippen LogP contribution in [-0.4, -0.2) is 18.5 Å². The van der Waals surface area contributed by atoms with Crippen LogP contribution >= 0.6 is 34.8 Å². The second-order valence-corrected chi connectivity index (χ2v) is 5.48. The summed E-state index contributed by atoms with van der Waals surface area (Å²) in [5.41, 5.74) is 0.575. The van der Waals surface area contributed by atoms with Crippen LogP contribution in [0.4, 0.5) is 5.69 Å². The van der Waals surface area contributed by atoms with Crippen LogP contribution in [0.25, 0.3) is 0 Å². The molecule has 2 aromatic rings. The van der Waals surface area contributed by atoms with Gasteiger partial charge in [0.2, 0.25) is 0 Å². The summed E-state index contributed by atoms with van der Waals surface area (Å²) in [7, 11) is 0. The number of hydrogen-bond acceptors (Lipinski definition) is 3. The molecule has 7 heteroatoms. The van der Waals surface area contributed by atoms with Gasteiger partial charge in [-0.05, 0) is 30.3 Å². The number of rotatable bonds is 4. The lowest BCUT2D eigenvalue weighted by Gasteiger charge is -2.08. The van der Waals surface area contributed by atoms with Gasteiger partial charge in [-0.1, -0.05) is 46.9 Å². The molecule has 114 valence electrons. The van der Waals surface area contributed by atoms with Gasteiger partial charge in [-0.2, -0.15) is 0 Å². The fraction of sp³-hybridized carbons (Fsp3) is 0.0667. The molecule has 2 aromatic carbocycles. The largest absolute Gasteiger partial charge is 0.452 e. The third-order valence-electron chi connectivity index (χ3n) is 2.63. The topological polar surface area (TPSA) is 55.4 Å². The molecule has 0 aliphatic rings. The fourth-order valence-electron chi connectivity index (χ4n) is 1.61. The van der Waals surface area contributed by atoms with Gasteiger partial charge >= 0.3 is 5.97 Å². The van der Waals surface area contributed by atoms with Crippen molar-refractivity contribution in [2.75, 3.05) is 11.9 Å². The molecule has 0 saturated carbocycles. The Kier molecular flexibility index (Phi) is 5.66. The Hall–Kier alpha value is -1.75. The first-order chi connectivity index (χ1) is 10.5. The van der Waals surface area contributed by atoms with Crippen molar-refractivity contribution in [3.8, 4) is 0 Å². The lowest BCUT2D eigenvalue weighted by atomic mass is 10.2. The standard InChI is InChI=1S/C15H10Cl3NO3/c16-9-5-6-10(12(18)7-9)15(21)22-8-14(20)19-13-4-2-1-3-11(13)17/h1-7H,8H2,(H,19,20). The Balaban J connectivity index is 1.93. The van der Waals surface area contributed by atoms with Crippen LogP contribution in [0.15, 0.2) is 42.5 Å². The van der Waals surface area contributed by atoms with Crippen LogP contribution in [0.2, 0.25) is 15.1 Å². The second kappa shape index (κ2) is 7.49. The number of carbonyl (C=O) groups is 2. The molecule has 1 amide bonds. The van der Waals surface area contributed by atoms with Crippen molar-refractivity contribution < 1.29 is 14.3 Å². The second-order valence-electron chi connectivity index (χ2n) is 4.23. The Morgan fingerprint density at radius 2 is 1.73 bits per heavy atom. The number of esters is 1. The first-order valence-corrected chi connectivity index (χ1v) is 7.27. The minimum absolute atomic E-state index is 0.136. The van der Waals surface area contributed by atoms with Crippen LogP contribution in [0, 0.1) is 0 Å². The lowest BCUT2D eigenvalue weighted by molar-refractivity contribution is -0.119. The molecule has 0 spiro atoms. The molecule has 4 nitrogen and oxygen atoms in total. The van der Waals surface area contributed by atoms with E-state index in [-0.39, 0.29) is 10.6 Å². The van der Waals surface area contributed by atoms with E-state index in [1.54, 1.807) is 24.3 Å². The monoisotopic (exact) mass is 357 g/mol. The highest BCUT2D eigenvalue weighted by Gasteiger charge is 2.14. The van der Waals surface area contributed by atoms with Gasteiger partial charge in [-0.15, -0.1) is 0 Å². The summed E-state index contributed by atoms with van der Waals surface area (Å²) in [6.45, 7) is -0.455. The van der Waals surface area contributed by atoms with Crippen molar-refractivity contribution in [3.63, 3.8) is 0 Å². The smallest absolute Gasteiger partial charge is 0.340 e. The van der Waals surface area contributed by atoms with Gasteiger partial charge in [0.25, 0.3) is 5.91 Å². The van der Waals surface area contributed by atoms with E-state index in [0.717, 1.165) is 0 Å². The third-order valence-corrected chi connectivity index (χ3v) is 3.51. The SMILES string of the molecule is O=C(COC(=O)c1ccc(Cl)cc1Cl)Nc1ccccc1Cl. The van der Waals surface area contributed by atoms with Gasteiger partial charge in [-0.3, -0.25) is 4.79 Å². The van der Waals surface area contributed by atoms with Crippen molar-refractivity contribution in [1.29, 1.82) is 0 Å². The number of halogens is 3. The molecule has 0 unspecified atom stereocenters. The maximum absolute atomic E-state index is 11.8. The Morgan fingerprint density at radius 3 is 2.41 bits per heavy atom. The number of para-hydroxylation sites is 1. The van der Waals surface area contributed by atoms with E-state index in [1.807, 2.05) is 0 Å². The van der Waals surface area contributed by atoms with Crippen LogP contribution in [-0.2, 0) is 9.53 Å². The van der Waals surface area contributed by atoms with Crippen molar-refractivity contribution in [3.05, 3.63) is 63.1 Å². The van der Waals surface area contributed by atoms with Gasteiger partial charge in [-0.25, -0.2) is 4.79 Å². The lowest BCUT2D eigenvalue weighted by Crippen LogP contribution is -2.21. The molecule has 0 aromatic heterocycles. The highest BCUT2D eigenvalue weighted by Crippen LogP contribution is 2.22. The number of nitrogens with one attached hydrogen (secondary N) is 1. The van der Waals surface area contributed by atoms with Crippen LogP contribution in [0.3, 0.4) is 0 Å². The molecular formula is C15H10Cl3NO3. The number of ether oxygens (including phenoxy) is 1. The molecule has 0 heterocycles. The predicted octanol–water partition coefficient (Wildman–Crippen LogP) is 4.44. The predicted molar refractivity (Wildman–Crippen MR) is 86.8 cm³/mol. The van der Waals surface area contributed by atoms with Crippen molar-refractivity contribution in [2.45, 2.75) is 0 Å². The van der Waals surface area contributed by atoms with E-state index in [0.29, 0.717) is 15.7 Å². The van der Waals surface area contributed by atoms with E-state index >= 15 is 0 Å². The number of benzene rings is 2. The summed E-state index contributed by atoms with van der Waals surface area (Å²) < 4.78 is 4.90. The molecule has 0 aliphatic carbocycles. The Morgan fingerprint density at radius 1 is 1.00 bits per heavy atom. The molecule has 2 rings (SSSR count). The zero-order valence-corrected chi connectivity index (χ0v) is 13.4. The van der Waals surface area contributed by atoms with Gasteiger partial charge in [0.1, 0.15) is 0 Å². The number of hydrogen-bond donors (Lipinski definition) is 1. The van der Waals surface area contributed by atoms with Crippen molar-refractivity contribution in [2.24, 2.45) is 0 Å². The van der Waals surface area contributed by atoms with Crippen molar-refractivity contribution in [1.82, 2.24) is 0 Å². The molecule has 0 radical (unpaired) electrons. The quantitative estimate of drug-likeness (QED) is 0.822. The van der Waals surface area contributed by atoms with Crippen LogP contribution < -0.4 is 5.32 Å². The van der Waals surface area contributed by atoms with Crippen molar-refractivity contribution >= 4 is 52.4 Å². The van der Waals surface area contributed by atoms with E-state index in [2.05, 4.69) is 5.32 Å². The minimum atomic E-state index is -0.712. The summed E-state index contributed by atoms with van der Waals surface area (Å²) in [6, 6.07) is 11.1. The van der Waals surface area contributed by atoms with E-state index < -0.39 is 18.5 Å². The molecule has 0 aliphatic heterocycles. The van der Waals surface area contributed by atoms with E-state index in [4.69, 9.17) is 39.5 Å². The molecule has 22 heavy (non-hydrogen) atoms. The van der Waals surface area contributed by atoms with E-state index in [1.165, 1.54) is 18.2 Å².